The lowest BCUT2D eigenvalue weighted by molar-refractivity contribution is 0.501. The molecule has 0 aromatic carbocycles. The van der Waals surface area contributed by atoms with Gasteiger partial charge in [0.05, 0.1) is 5.37 Å². The molecule has 0 fully saturated rings. The molecule has 0 rings (SSSR count). The van der Waals surface area contributed by atoms with Crippen LogP contribution in [0.1, 0.15) is 51.9 Å². The summed E-state index contributed by atoms with van der Waals surface area (Å²) < 4.78 is 30.0. The fraction of sp³-hybridized carbons (Fsp3) is 1.00. The van der Waals surface area contributed by atoms with Gasteiger partial charge in [0, 0.05) is 10.8 Å². The summed E-state index contributed by atoms with van der Waals surface area (Å²) in [6, 6.07) is 0. The topological polar surface area (TPSA) is 66.4 Å². The van der Waals surface area contributed by atoms with Crippen LogP contribution in [0.25, 0.3) is 0 Å². The Morgan fingerprint density at radius 1 is 1.19 bits per heavy atom. The second-order valence-corrected chi connectivity index (χ2v) is 7.32. The van der Waals surface area contributed by atoms with Crippen molar-refractivity contribution in [3.05, 3.63) is 0 Å². The van der Waals surface area contributed by atoms with Crippen molar-refractivity contribution in [2.75, 3.05) is 7.05 Å². The van der Waals surface area contributed by atoms with Crippen LogP contribution < -0.4 is 5.32 Å². The first kappa shape index (κ1) is 16.2. The Kier molecular flexibility index (Phi) is 9.40. The molecule has 0 aliphatic heterocycles. The van der Waals surface area contributed by atoms with Gasteiger partial charge in [-0.3, -0.25) is 4.55 Å². The van der Waals surface area contributed by atoms with Gasteiger partial charge in [-0.15, -0.1) is 0 Å². The molecule has 98 valence electrons. The monoisotopic (exact) mass is 269 g/mol. The SMILES string of the molecule is CCCCCCCCC(NC)SS(=O)(=O)O. The molecule has 0 saturated heterocycles. The van der Waals surface area contributed by atoms with Gasteiger partial charge in [-0.1, -0.05) is 45.4 Å². The van der Waals surface area contributed by atoms with E-state index in [1.165, 1.54) is 25.7 Å². The number of nitrogens with one attached hydrogen (secondary N) is 1. The molecule has 0 spiro atoms. The molecule has 0 aliphatic carbocycles. The highest BCUT2D eigenvalue weighted by Crippen LogP contribution is 2.20. The molecule has 0 bridgehead atoms. The zero-order valence-electron chi connectivity index (χ0n) is 10.1. The van der Waals surface area contributed by atoms with Crippen LogP contribution in [0, 0.1) is 0 Å². The first-order valence-electron chi connectivity index (χ1n) is 5.82. The number of hydrogen-bond donors (Lipinski definition) is 2. The average molecular weight is 269 g/mol. The van der Waals surface area contributed by atoms with Crippen molar-refractivity contribution in [2.24, 2.45) is 0 Å². The number of hydrogen-bond acceptors (Lipinski definition) is 4. The Bertz CT molecular complexity index is 255. The van der Waals surface area contributed by atoms with Crippen LogP contribution in [0.4, 0.5) is 0 Å². The molecule has 6 heteroatoms. The van der Waals surface area contributed by atoms with E-state index in [0.717, 1.165) is 19.3 Å². The maximum Gasteiger partial charge on any atom is 0.321 e. The summed E-state index contributed by atoms with van der Waals surface area (Å²) in [4.78, 5) is 0. The highest BCUT2D eigenvalue weighted by molar-refractivity contribution is 8.70. The second-order valence-electron chi connectivity index (χ2n) is 3.86. The lowest BCUT2D eigenvalue weighted by Crippen LogP contribution is -2.23. The molecule has 0 aromatic heterocycles. The van der Waals surface area contributed by atoms with Crippen LogP contribution in [-0.2, 0) is 9.15 Å². The molecule has 0 heterocycles. The standard InChI is InChI=1S/C10H23NO3S2/c1-3-4-5-6-7-8-9-10(11-2)15-16(12,13)14/h10-11H,3-9H2,1-2H3,(H,12,13,14). The summed E-state index contributed by atoms with van der Waals surface area (Å²) in [5.41, 5.74) is 0. The maximum atomic E-state index is 10.7. The van der Waals surface area contributed by atoms with Gasteiger partial charge in [0.1, 0.15) is 0 Å². The number of rotatable bonds is 10. The van der Waals surface area contributed by atoms with Gasteiger partial charge in [-0.2, -0.15) is 8.42 Å². The lowest BCUT2D eigenvalue weighted by atomic mass is 10.1. The minimum Gasteiger partial charge on any atom is -0.307 e. The molecule has 16 heavy (non-hydrogen) atoms. The Hall–Kier alpha value is 0.220. The van der Waals surface area contributed by atoms with Crippen molar-refractivity contribution in [2.45, 2.75) is 57.2 Å². The van der Waals surface area contributed by atoms with Gasteiger partial charge in [0.2, 0.25) is 0 Å². The molecular formula is C10H23NO3S2. The molecule has 2 N–H and O–H groups in total. The predicted octanol–water partition coefficient (Wildman–Crippen LogP) is 2.82. The first-order valence-corrected chi connectivity index (χ1v) is 8.66. The third-order valence-electron chi connectivity index (χ3n) is 2.38. The maximum absolute atomic E-state index is 10.7. The molecule has 0 aromatic rings. The minimum absolute atomic E-state index is 0.207. The molecule has 4 nitrogen and oxygen atoms in total. The van der Waals surface area contributed by atoms with Crippen LogP contribution in [0.5, 0.6) is 0 Å². The van der Waals surface area contributed by atoms with E-state index in [9.17, 15) is 8.42 Å². The van der Waals surface area contributed by atoms with Gasteiger partial charge >= 0.3 is 9.15 Å². The van der Waals surface area contributed by atoms with Crippen molar-refractivity contribution in [1.82, 2.24) is 5.32 Å². The van der Waals surface area contributed by atoms with Gasteiger partial charge in [-0.05, 0) is 13.5 Å². The summed E-state index contributed by atoms with van der Waals surface area (Å²) in [6.07, 6.45) is 7.87. The van der Waals surface area contributed by atoms with Crippen molar-refractivity contribution >= 4 is 19.9 Å². The third kappa shape index (κ3) is 10.7. The Morgan fingerprint density at radius 3 is 2.25 bits per heavy atom. The summed E-state index contributed by atoms with van der Waals surface area (Å²) in [7, 11) is -1.64. The fourth-order valence-corrected chi connectivity index (χ4v) is 3.61. The molecule has 0 aliphatic rings. The van der Waals surface area contributed by atoms with Crippen LogP contribution in [0.15, 0.2) is 0 Å². The van der Waals surface area contributed by atoms with E-state index >= 15 is 0 Å². The highest BCUT2D eigenvalue weighted by atomic mass is 33.1. The van der Waals surface area contributed by atoms with Crippen molar-refractivity contribution in [3.63, 3.8) is 0 Å². The normalized spacial score (nSPS) is 13.9. The van der Waals surface area contributed by atoms with Crippen LogP contribution >= 0.6 is 10.8 Å². The van der Waals surface area contributed by atoms with Crippen molar-refractivity contribution in [1.29, 1.82) is 0 Å². The van der Waals surface area contributed by atoms with Gasteiger partial charge in [0.25, 0.3) is 0 Å². The summed E-state index contributed by atoms with van der Waals surface area (Å²) >= 11 is 0. The zero-order chi connectivity index (χ0) is 12.4. The van der Waals surface area contributed by atoms with E-state index in [-0.39, 0.29) is 5.37 Å². The van der Waals surface area contributed by atoms with E-state index in [4.69, 9.17) is 4.55 Å². The zero-order valence-corrected chi connectivity index (χ0v) is 11.7. The number of unbranched alkanes of at least 4 members (excludes halogenated alkanes) is 5. The van der Waals surface area contributed by atoms with Crippen LogP contribution in [0.2, 0.25) is 0 Å². The van der Waals surface area contributed by atoms with Crippen molar-refractivity contribution < 1.29 is 13.0 Å². The quantitative estimate of drug-likeness (QED) is 0.276. The second kappa shape index (κ2) is 9.27. The fourth-order valence-electron chi connectivity index (χ4n) is 1.50. The molecule has 1 atom stereocenters. The Balaban J connectivity index is 3.56. The molecule has 0 radical (unpaired) electrons. The first-order chi connectivity index (χ1) is 7.49. The predicted molar refractivity (Wildman–Crippen MR) is 70.0 cm³/mol. The smallest absolute Gasteiger partial charge is 0.307 e. The molecule has 1 unspecified atom stereocenters. The molecular weight excluding hydrogens is 246 g/mol. The molecule has 0 saturated carbocycles. The van der Waals surface area contributed by atoms with Crippen molar-refractivity contribution in [3.8, 4) is 0 Å². The summed E-state index contributed by atoms with van der Waals surface area (Å²) in [6.45, 7) is 2.18. The minimum atomic E-state index is -3.93. The summed E-state index contributed by atoms with van der Waals surface area (Å²) in [5, 5.41) is 2.68. The van der Waals surface area contributed by atoms with E-state index in [0.29, 0.717) is 10.8 Å². The Morgan fingerprint density at radius 2 is 1.75 bits per heavy atom. The van der Waals surface area contributed by atoms with Crippen LogP contribution in [0.3, 0.4) is 0 Å². The average Bonchev–Trinajstić information content (AvgIpc) is 2.19. The van der Waals surface area contributed by atoms with Gasteiger partial charge in [-0.25, -0.2) is 0 Å². The highest BCUT2D eigenvalue weighted by Gasteiger charge is 2.15. The van der Waals surface area contributed by atoms with E-state index in [1.807, 2.05) is 0 Å². The van der Waals surface area contributed by atoms with E-state index in [1.54, 1.807) is 7.05 Å². The molecule has 0 amide bonds. The third-order valence-corrected chi connectivity index (χ3v) is 4.75. The Labute approximate surface area is 103 Å². The van der Waals surface area contributed by atoms with Crippen LogP contribution in [-0.4, -0.2) is 25.4 Å². The van der Waals surface area contributed by atoms with Gasteiger partial charge < -0.3 is 5.32 Å². The largest absolute Gasteiger partial charge is 0.321 e. The van der Waals surface area contributed by atoms with E-state index < -0.39 is 9.15 Å². The van der Waals surface area contributed by atoms with Gasteiger partial charge in [0.15, 0.2) is 0 Å². The van der Waals surface area contributed by atoms with E-state index in [2.05, 4.69) is 12.2 Å². The lowest BCUT2D eigenvalue weighted by Gasteiger charge is -2.12. The summed E-state index contributed by atoms with van der Waals surface area (Å²) in [5.74, 6) is 0.